The van der Waals surface area contributed by atoms with Gasteiger partial charge in [0.1, 0.15) is 10.5 Å². The molecular weight excluding hydrogens is 260 g/mol. The maximum absolute atomic E-state index is 11.8. The van der Waals surface area contributed by atoms with E-state index in [2.05, 4.69) is 0 Å². The van der Waals surface area contributed by atoms with Gasteiger partial charge in [0, 0.05) is 11.6 Å². The molecule has 0 atom stereocenters. The summed E-state index contributed by atoms with van der Waals surface area (Å²) in [7, 11) is -3.26. The minimum Gasteiger partial charge on any atom is -0.455 e. The number of thiophene rings is 1. The Morgan fingerprint density at radius 3 is 2.47 bits per heavy atom. The first-order valence-electron chi connectivity index (χ1n) is 5.17. The lowest BCUT2D eigenvalue weighted by Gasteiger charge is -2.22. The number of hydrogen-bond donors (Lipinski definition) is 0. The van der Waals surface area contributed by atoms with Gasteiger partial charge in [-0.15, -0.1) is 11.3 Å². The number of ether oxygens (including phenoxy) is 1. The van der Waals surface area contributed by atoms with Gasteiger partial charge in [-0.3, -0.25) is 0 Å². The molecule has 0 amide bonds. The molecular formula is C11H16O4S2. The van der Waals surface area contributed by atoms with Gasteiger partial charge in [-0.05, 0) is 26.3 Å². The van der Waals surface area contributed by atoms with Gasteiger partial charge in [0.05, 0.1) is 4.90 Å². The van der Waals surface area contributed by atoms with Crippen LogP contribution in [0.1, 0.15) is 36.9 Å². The summed E-state index contributed by atoms with van der Waals surface area (Å²) in [6.07, 6.45) is 1.81. The normalized spacial score (nSPS) is 12.5. The Labute approximate surface area is 106 Å². The predicted molar refractivity (Wildman–Crippen MR) is 67.2 cm³/mol. The van der Waals surface area contributed by atoms with E-state index in [0.29, 0.717) is 11.3 Å². The lowest BCUT2D eigenvalue weighted by Crippen LogP contribution is -2.26. The van der Waals surface area contributed by atoms with Gasteiger partial charge < -0.3 is 4.74 Å². The Bertz CT molecular complexity index is 511. The van der Waals surface area contributed by atoms with Crippen LogP contribution in [0, 0.1) is 0 Å². The summed E-state index contributed by atoms with van der Waals surface area (Å²) in [5, 5.41) is 1.45. The van der Waals surface area contributed by atoms with Crippen molar-refractivity contribution in [3.63, 3.8) is 0 Å². The summed E-state index contributed by atoms with van der Waals surface area (Å²) in [5.74, 6) is -0.475. The summed E-state index contributed by atoms with van der Waals surface area (Å²) >= 11 is 1.08. The number of carbonyl (C=O) groups is 1. The van der Waals surface area contributed by atoms with Crippen LogP contribution >= 0.6 is 11.3 Å². The maximum atomic E-state index is 11.8. The second kappa shape index (κ2) is 4.78. The van der Waals surface area contributed by atoms with Crippen molar-refractivity contribution in [2.75, 3.05) is 6.26 Å². The Hall–Kier alpha value is -0.880. The molecule has 0 N–H and O–H groups in total. The molecule has 1 rings (SSSR count). The van der Waals surface area contributed by atoms with E-state index < -0.39 is 21.4 Å². The van der Waals surface area contributed by atoms with Crippen LogP contribution in [0.25, 0.3) is 0 Å². The fraction of sp³-hybridized carbons (Fsp3) is 0.545. The third-order valence-electron chi connectivity index (χ3n) is 2.43. The molecule has 0 fully saturated rings. The van der Waals surface area contributed by atoms with Crippen molar-refractivity contribution in [3.05, 3.63) is 16.3 Å². The number of hydrogen-bond acceptors (Lipinski definition) is 5. The van der Waals surface area contributed by atoms with Crippen LogP contribution in [-0.2, 0) is 14.6 Å². The quantitative estimate of drug-likeness (QED) is 0.793. The van der Waals surface area contributed by atoms with Gasteiger partial charge in [0.15, 0.2) is 9.84 Å². The molecule has 1 heterocycles. The van der Waals surface area contributed by atoms with Crippen LogP contribution < -0.4 is 0 Å². The van der Waals surface area contributed by atoms with Crippen LogP contribution in [0.2, 0.25) is 0 Å². The van der Waals surface area contributed by atoms with E-state index in [9.17, 15) is 13.2 Å². The highest BCUT2D eigenvalue weighted by molar-refractivity contribution is 7.90. The van der Waals surface area contributed by atoms with E-state index in [4.69, 9.17) is 4.74 Å². The molecule has 6 heteroatoms. The van der Waals surface area contributed by atoms with E-state index in [1.165, 1.54) is 11.4 Å². The predicted octanol–water partition coefficient (Wildman–Crippen LogP) is 2.50. The zero-order chi connectivity index (χ0) is 13.3. The smallest absolute Gasteiger partial charge is 0.348 e. The number of rotatable bonds is 4. The number of sulfone groups is 1. The van der Waals surface area contributed by atoms with Crippen molar-refractivity contribution in [3.8, 4) is 0 Å². The average molecular weight is 276 g/mol. The fourth-order valence-corrected chi connectivity index (χ4v) is 2.89. The highest BCUT2D eigenvalue weighted by Crippen LogP contribution is 2.23. The van der Waals surface area contributed by atoms with Gasteiger partial charge in [-0.25, -0.2) is 13.2 Å². The van der Waals surface area contributed by atoms with E-state index in [1.807, 2.05) is 20.8 Å². The monoisotopic (exact) mass is 276 g/mol. The SMILES string of the molecule is CCC(C)(C)OC(=O)c1cc(S(C)(=O)=O)cs1. The van der Waals surface area contributed by atoms with Crippen molar-refractivity contribution in [1.29, 1.82) is 0 Å². The standard InChI is InChI=1S/C11H16O4S2/c1-5-11(2,3)15-10(12)9-6-8(7-16-9)17(4,13)14/h6-7H,5H2,1-4H3. The summed E-state index contributed by atoms with van der Waals surface area (Å²) in [4.78, 5) is 12.2. The molecule has 0 aromatic carbocycles. The van der Waals surface area contributed by atoms with Crippen LogP contribution in [0.5, 0.6) is 0 Å². The fourth-order valence-electron chi connectivity index (χ4n) is 0.994. The molecule has 0 aliphatic carbocycles. The van der Waals surface area contributed by atoms with Crippen molar-refractivity contribution in [2.45, 2.75) is 37.7 Å². The molecule has 0 unspecified atom stereocenters. The summed E-state index contributed by atoms with van der Waals surface area (Å²) in [5.41, 5.74) is -0.535. The summed E-state index contributed by atoms with van der Waals surface area (Å²) in [6.45, 7) is 5.55. The molecule has 0 bridgehead atoms. The first kappa shape index (κ1) is 14.2. The maximum Gasteiger partial charge on any atom is 0.348 e. The van der Waals surface area contributed by atoms with Gasteiger partial charge in [-0.1, -0.05) is 6.92 Å². The van der Waals surface area contributed by atoms with Crippen molar-refractivity contribution in [1.82, 2.24) is 0 Å². The molecule has 0 spiro atoms. The van der Waals surface area contributed by atoms with Crippen LogP contribution in [0.3, 0.4) is 0 Å². The molecule has 96 valence electrons. The van der Waals surface area contributed by atoms with Gasteiger partial charge in [-0.2, -0.15) is 0 Å². The molecule has 17 heavy (non-hydrogen) atoms. The molecule has 0 saturated carbocycles. The largest absolute Gasteiger partial charge is 0.455 e. The lowest BCUT2D eigenvalue weighted by molar-refractivity contribution is -0.00190. The van der Waals surface area contributed by atoms with Gasteiger partial charge >= 0.3 is 5.97 Å². The third kappa shape index (κ3) is 3.81. The van der Waals surface area contributed by atoms with Gasteiger partial charge in [0.25, 0.3) is 0 Å². The highest BCUT2D eigenvalue weighted by atomic mass is 32.2. The molecule has 0 aliphatic rings. The Morgan fingerprint density at radius 2 is 2.06 bits per heavy atom. The second-order valence-electron chi connectivity index (χ2n) is 4.42. The molecule has 1 aromatic heterocycles. The van der Waals surface area contributed by atoms with Crippen LogP contribution in [0.4, 0.5) is 0 Å². The number of carbonyl (C=O) groups excluding carboxylic acids is 1. The number of esters is 1. The minimum absolute atomic E-state index is 0.156. The molecule has 4 nitrogen and oxygen atoms in total. The third-order valence-corrected chi connectivity index (χ3v) is 4.58. The lowest BCUT2D eigenvalue weighted by atomic mass is 10.1. The highest BCUT2D eigenvalue weighted by Gasteiger charge is 2.23. The Kier molecular flexibility index (Phi) is 3.99. The minimum atomic E-state index is -3.26. The molecule has 0 aliphatic heterocycles. The van der Waals surface area contributed by atoms with E-state index in [1.54, 1.807) is 0 Å². The summed E-state index contributed by atoms with van der Waals surface area (Å²) < 4.78 is 27.8. The van der Waals surface area contributed by atoms with Gasteiger partial charge in [0.2, 0.25) is 0 Å². The second-order valence-corrected chi connectivity index (χ2v) is 7.35. The Balaban J connectivity index is 2.89. The molecule has 0 saturated heterocycles. The van der Waals surface area contributed by atoms with E-state index >= 15 is 0 Å². The van der Waals surface area contributed by atoms with E-state index in [-0.39, 0.29) is 4.90 Å². The first-order chi connectivity index (χ1) is 7.65. The zero-order valence-corrected chi connectivity index (χ0v) is 11.9. The van der Waals surface area contributed by atoms with Crippen LogP contribution in [-0.4, -0.2) is 26.2 Å². The van der Waals surface area contributed by atoms with Crippen molar-refractivity contribution >= 4 is 27.1 Å². The van der Waals surface area contributed by atoms with Crippen molar-refractivity contribution in [2.24, 2.45) is 0 Å². The van der Waals surface area contributed by atoms with E-state index in [0.717, 1.165) is 17.6 Å². The average Bonchev–Trinajstić information content (AvgIpc) is 2.65. The molecule has 1 aromatic rings. The van der Waals surface area contributed by atoms with Crippen molar-refractivity contribution < 1.29 is 17.9 Å². The summed E-state index contributed by atoms with van der Waals surface area (Å²) in [6, 6.07) is 1.36. The topological polar surface area (TPSA) is 60.4 Å². The van der Waals surface area contributed by atoms with Crippen LogP contribution in [0.15, 0.2) is 16.3 Å². The first-order valence-corrected chi connectivity index (χ1v) is 7.95. The molecule has 0 radical (unpaired) electrons. The Morgan fingerprint density at radius 1 is 1.47 bits per heavy atom. The zero-order valence-electron chi connectivity index (χ0n) is 10.3.